The van der Waals surface area contributed by atoms with Gasteiger partial charge in [-0.05, 0) is 43.9 Å². The Bertz CT molecular complexity index is 924. The fourth-order valence-corrected chi connectivity index (χ4v) is 4.97. The molecule has 2 heterocycles. The van der Waals surface area contributed by atoms with Crippen molar-refractivity contribution in [1.29, 1.82) is 0 Å². The lowest BCUT2D eigenvalue weighted by atomic mass is 9.84. The van der Waals surface area contributed by atoms with Crippen LogP contribution in [0.2, 0.25) is 0 Å². The second kappa shape index (κ2) is 6.96. The Morgan fingerprint density at radius 3 is 2.81 bits per heavy atom. The maximum absolute atomic E-state index is 12.8. The zero-order valence-electron chi connectivity index (χ0n) is 15.0. The van der Waals surface area contributed by atoms with Gasteiger partial charge >= 0.3 is 0 Å². The lowest BCUT2D eigenvalue weighted by Gasteiger charge is -2.33. The lowest BCUT2D eigenvalue weighted by molar-refractivity contribution is -0.119. The first kappa shape index (κ1) is 18.8. The average molecular weight is 376 g/mol. The van der Waals surface area contributed by atoms with Crippen LogP contribution in [0.15, 0.2) is 36.5 Å². The van der Waals surface area contributed by atoms with Gasteiger partial charge in [0.1, 0.15) is 4.75 Å². The van der Waals surface area contributed by atoms with Crippen LogP contribution in [0.3, 0.4) is 0 Å². The molecule has 0 spiro atoms. The summed E-state index contributed by atoms with van der Waals surface area (Å²) in [4.78, 5) is 16.1. The van der Waals surface area contributed by atoms with E-state index in [-0.39, 0.29) is 17.6 Å². The maximum Gasteiger partial charge on any atom is 0.238 e. The number of nitrogens with two attached hydrogens (primary N) is 1. The Morgan fingerprint density at radius 1 is 1.35 bits per heavy atom. The number of aromatic nitrogens is 1. The molecule has 3 rings (SSSR count). The number of primary amides is 1. The van der Waals surface area contributed by atoms with Crippen LogP contribution >= 0.6 is 0 Å². The summed E-state index contributed by atoms with van der Waals surface area (Å²) >= 11 is 0. The Morgan fingerprint density at radius 2 is 2.08 bits per heavy atom. The smallest absolute Gasteiger partial charge is 0.238 e. The number of fused-ring (bicyclic) bond motifs is 1. The van der Waals surface area contributed by atoms with Crippen LogP contribution in [0.5, 0.6) is 0 Å². The molecule has 140 valence electrons. The van der Waals surface area contributed by atoms with Crippen LogP contribution in [-0.4, -0.2) is 43.0 Å². The van der Waals surface area contributed by atoms with E-state index in [1.54, 1.807) is 6.20 Å². The first-order chi connectivity index (χ1) is 12.2. The zero-order valence-corrected chi connectivity index (χ0v) is 15.8. The van der Waals surface area contributed by atoms with Crippen molar-refractivity contribution < 1.29 is 17.9 Å². The van der Waals surface area contributed by atoms with E-state index in [1.165, 1.54) is 13.8 Å². The van der Waals surface area contributed by atoms with Gasteiger partial charge in [-0.15, -0.1) is 0 Å². The van der Waals surface area contributed by atoms with Gasteiger partial charge in [-0.2, -0.15) is 0 Å². The lowest BCUT2D eigenvalue weighted by Crippen LogP contribution is -2.48. The number of sulfone groups is 1. The minimum atomic E-state index is -3.69. The van der Waals surface area contributed by atoms with E-state index in [2.05, 4.69) is 4.98 Å². The minimum Gasteiger partial charge on any atom is -0.381 e. The summed E-state index contributed by atoms with van der Waals surface area (Å²) in [5.41, 5.74) is 7.17. The number of hydrogen-bond donors (Lipinski definition) is 1. The van der Waals surface area contributed by atoms with Crippen LogP contribution in [0.1, 0.15) is 31.7 Å². The van der Waals surface area contributed by atoms with Crippen LogP contribution in [0.4, 0.5) is 0 Å². The van der Waals surface area contributed by atoms with Crippen molar-refractivity contribution in [2.45, 2.75) is 30.9 Å². The molecule has 0 bridgehead atoms. The highest BCUT2D eigenvalue weighted by Gasteiger charge is 2.43. The minimum absolute atomic E-state index is 0.0840. The molecule has 0 saturated carbocycles. The van der Waals surface area contributed by atoms with Gasteiger partial charge in [0.05, 0.1) is 17.9 Å². The van der Waals surface area contributed by atoms with Crippen molar-refractivity contribution in [2.24, 2.45) is 11.7 Å². The fraction of sp³-hybridized carbons (Fsp3) is 0.474. The van der Waals surface area contributed by atoms with E-state index in [0.29, 0.717) is 19.6 Å². The molecule has 1 fully saturated rings. The van der Waals surface area contributed by atoms with Gasteiger partial charge in [-0.25, -0.2) is 8.42 Å². The molecule has 26 heavy (non-hydrogen) atoms. The molecule has 2 aromatic rings. The van der Waals surface area contributed by atoms with Gasteiger partial charge in [0.2, 0.25) is 5.91 Å². The fourth-order valence-electron chi connectivity index (χ4n) is 3.28. The second-order valence-electron chi connectivity index (χ2n) is 7.35. The first-order valence-electron chi connectivity index (χ1n) is 8.67. The predicted octanol–water partition coefficient (Wildman–Crippen LogP) is 2.03. The second-order valence-corrected chi connectivity index (χ2v) is 9.93. The van der Waals surface area contributed by atoms with Gasteiger partial charge in [-0.3, -0.25) is 9.78 Å². The normalized spacial score (nSPS) is 21.6. The summed E-state index contributed by atoms with van der Waals surface area (Å²) in [5.74, 6) is -1.15. The molecule has 0 radical (unpaired) electrons. The summed E-state index contributed by atoms with van der Waals surface area (Å²) in [6.07, 6.45) is 2.41. The highest BCUT2D eigenvalue weighted by molar-refractivity contribution is 7.93. The molecule has 1 amide bonds. The third kappa shape index (κ3) is 3.46. The average Bonchev–Trinajstić information content (AvgIpc) is 2.61. The highest BCUT2D eigenvalue weighted by Crippen LogP contribution is 2.35. The van der Waals surface area contributed by atoms with Crippen LogP contribution < -0.4 is 5.73 Å². The predicted molar refractivity (Wildman–Crippen MR) is 100 cm³/mol. The third-order valence-corrected chi connectivity index (χ3v) is 7.97. The topological polar surface area (TPSA) is 99.4 Å². The number of carbonyl (C=O) groups excluding carboxylic acids is 1. The Labute approximate surface area is 153 Å². The number of benzene rings is 1. The number of para-hydroxylation sites is 1. The van der Waals surface area contributed by atoms with E-state index in [1.807, 2.05) is 30.3 Å². The van der Waals surface area contributed by atoms with Gasteiger partial charge in [0, 0.05) is 24.1 Å². The molecule has 2 N–H and O–H groups in total. The summed E-state index contributed by atoms with van der Waals surface area (Å²) in [5, 5.41) is 1.01. The molecule has 1 aliphatic heterocycles. The summed E-state index contributed by atoms with van der Waals surface area (Å²) in [7, 11) is -3.69. The van der Waals surface area contributed by atoms with Crippen molar-refractivity contribution in [3.8, 4) is 0 Å². The third-order valence-electron chi connectivity index (χ3n) is 5.34. The SMILES string of the molecule is CC(C)(C(N)=O)S(=O)(=O)CC1CCOCC1c1cnc2ccccc2c1. The highest BCUT2D eigenvalue weighted by atomic mass is 32.2. The molecule has 0 aliphatic carbocycles. The van der Waals surface area contributed by atoms with Gasteiger partial charge in [0.15, 0.2) is 9.84 Å². The standard InChI is InChI=1S/C19H24N2O4S/c1-19(2,18(20)22)26(23,24)12-14-7-8-25-11-16(14)15-9-13-5-3-4-6-17(13)21-10-15/h3-6,9-10,14,16H,7-8,11-12H2,1-2H3,(H2,20,22). The summed E-state index contributed by atoms with van der Waals surface area (Å²) in [6, 6.07) is 9.84. The number of amides is 1. The summed E-state index contributed by atoms with van der Waals surface area (Å²) < 4.78 is 29.6. The molecule has 2 atom stereocenters. The molecule has 7 heteroatoms. The van der Waals surface area contributed by atoms with E-state index in [9.17, 15) is 13.2 Å². The molecule has 2 unspecified atom stereocenters. The van der Waals surface area contributed by atoms with Crippen LogP contribution in [-0.2, 0) is 19.4 Å². The molecule has 6 nitrogen and oxygen atoms in total. The van der Waals surface area contributed by atoms with Crippen LogP contribution in [0, 0.1) is 5.92 Å². The molecular weight excluding hydrogens is 352 g/mol. The zero-order chi connectivity index (χ0) is 18.9. The van der Waals surface area contributed by atoms with Gasteiger partial charge < -0.3 is 10.5 Å². The van der Waals surface area contributed by atoms with Crippen molar-refractivity contribution in [3.63, 3.8) is 0 Å². The van der Waals surface area contributed by atoms with Crippen molar-refractivity contribution in [3.05, 3.63) is 42.1 Å². The van der Waals surface area contributed by atoms with Crippen molar-refractivity contribution in [1.82, 2.24) is 4.98 Å². The molecule has 1 aromatic carbocycles. The number of hydrogen-bond acceptors (Lipinski definition) is 5. The largest absolute Gasteiger partial charge is 0.381 e. The van der Waals surface area contributed by atoms with Crippen LogP contribution in [0.25, 0.3) is 10.9 Å². The van der Waals surface area contributed by atoms with Gasteiger partial charge in [-0.1, -0.05) is 18.2 Å². The van der Waals surface area contributed by atoms with E-state index in [4.69, 9.17) is 10.5 Å². The van der Waals surface area contributed by atoms with Gasteiger partial charge in [0.25, 0.3) is 0 Å². The van der Waals surface area contributed by atoms with E-state index >= 15 is 0 Å². The number of ether oxygens (including phenoxy) is 1. The van der Waals surface area contributed by atoms with E-state index in [0.717, 1.165) is 16.5 Å². The number of pyridine rings is 1. The Balaban J connectivity index is 1.91. The molecule has 1 aliphatic rings. The Kier molecular flexibility index (Phi) is 5.03. The monoisotopic (exact) mass is 376 g/mol. The number of nitrogens with zero attached hydrogens (tertiary/aromatic N) is 1. The molecule has 1 aromatic heterocycles. The van der Waals surface area contributed by atoms with Crippen molar-refractivity contribution in [2.75, 3.05) is 19.0 Å². The quantitative estimate of drug-likeness (QED) is 0.861. The van der Waals surface area contributed by atoms with Crippen molar-refractivity contribution >= 4 is 26.6 Å². The summed E-state index contributed by atoms with van der Waals surface area (Å²) in [6.45, 7) is 3.69. The molecular formula is C19H24N2O4S. The van der Waals surface area contributed by atoms with E-state index < -0.39 is 20.5 Å². The number of rotatable bonds is 5. The number of carbonyl (C=O) groups is 1. The Hall–Kier alpha value is -1.99. The first-order valence-corrected chi connectivity index (χ1v) is 10.3. The molecule has 1 saturated heterocycles. The maximum atomic E-state index is 12.8.